The Hall–Kier alpha value is -3.27. The van der Waals surface area contributed by atoms with Crippen LogP contribution in [0.4, 0.5) is 5.69 Å². The Morgan fingerprint density at radius 1 is 1.13 bits per heavy atom. The lowest BCUT2D eigenvalue weighted by Crippen LogP contribution is -2.35. The van der Waals surface area contributed by atoms with E-state index in [1.54, 1.807) is 0 Å². The van der Waals surface area contributed by atoms with Crippen molar-refractivity contribution in [3.05, 3.63) is 82.1 Å². The zero-order valence-corrected chi connectivity index (χ0v) is 24.3. The van der Waals surface area contributed by atoms with E-state index < -0.39 is 5.97 Å². The SMILES string of the molecule is CCC(CCCCCCC(=O)O)c1ccc2c(c1)OC1C=C(Nc3cccc(C=C(C)C)c3)CC(C)(C)C1=C2. The van der Waals surface area contributed by atoms with Gasteiger partial charge in [0, 0.05) is 23.4 Å². The maximum atomic E-state index is 10.7. The first kappa shape index (κ1) is 28.7. The maximum Gasteiger partial charge on any atom is 0.303 e. The molecule has 2 atom stereocenters. The van der Waals surface area contributed by atoms with Gasteiger partial charge in [-0.05, 0) is 97.9 Å². The largest absolute Gasteiger partial charge is 0.481 e. The third kappa shape index (κ3) is 7.65. The smallest absolute Gasteiger partial charge is 0.303 e. The van der Waals surface area contributed by atoms with Crippen molar-refractivity contribution in [3.8, 4) is 5.75 Å². The molecule has 0 amide bonds. The van der Waals surface area contributed by atoms with Crippen molar-refractivity contribution in [1.82, 2.24) is 0 Å². The number of benzene rings is 2. The Kier molecular flexibility index (Phi) is 9.37. The normalized spacial score (nSPS) is 18.0. The number of unbranched alkanes of at least 4 members (excludes halogenated alkanes) is 3. The molecular weight excluding hydrogens is 482 g/mol. The van der Waals surface area contributed by atoms with E-state index in [9.17, 15) is 4.79 Å². The molecular formula is C35H45NO3. The van der Waals surface area contributed by atoms with Gasteiger partial charge in [-0.1, -0.05) is 75.9 Å². The first-order chi connectivity index (χ1) is 18.6. The van der Waals surface area contributed by atoms with Gasteiger partial charge in [-0.25, -0.2) is 0 Å². The molecule has 1 aliphatic heterocycles. The molecule has 2 aromatic rings. The number of hydrogen-bond acceptors (Lipinski definition) is 3. The molecule has 4 heteroatoms. The average Bonchev–Trinajstić information content (AvgIpc) is 2.86. The zero-order valence-electron chi connectivity index (χ0n) is 24.3. The summed E-state index contributed by atoms with van der Waals surface area (Å²) >= 11 is 0. The van der Waals surface area contributed by atoms with Gasteiger partial charge in [-0.3, -0.25) is 4.79 Å². The minimum Gasteiger partial charge on any atom is -0.481 e. The summed E-state index contributed by atoms with van der Waals surface area (Å²) in [5.41, 5.74) is 8.62. The third-order valence-corrected chi connectivity index (χ3v) is 7.98. The Bertz CT molecular complexity index is 1260. The summed E-state index contributed by atoms with van der Waals surface area (Å²) in [7, 11) is 0. The fourth-order valence-corrected chi connectivity index (χ4v) is 5.94. The van der Waals surface area contributed by atoms with Gasteiger partial charge < -0.3 is 15.2 Å². The molecule has 39 heavy (non-hydrogen) atoms. The van der Waals surface area contributed by atoms with E-state index >= 15 is 0 Å². The fraction of sp³-hybridized carbons (Fsp3) is 0.457. The minimum absolute atomic E-state index is 0.0117. The van der Waals surface area contributed by atoms with E-state index in [0.29, 0.717) is 5.92 Å². The average molecular weight is 528 g/mol. The summed E-state index contributed by atoms with van der Waals surface area (Å²) in [6, 6.07) is 15.3. The van der Waals surface area contributed by atoms with Crippen molar-refractivity contribution in [2.45, 2.75) is 98.0 Å². The molecule has 0 bridgehead atoms. The molecule has 0 spiro atoms. The van der Waals surface area contributed by atoms with Gasteiger partial charge in [-0.15, -0.1) is 0 Å². The van der Waals surface area contributed by atoms with Gasteiger partial charge in [0.15, 0.2) is 0 Å². The highest BCUT2D eigenvalue weighted by molar-refractivity contribution is 5.68. The highest BCUT2D eigenvalue weighted by Gasteiger charge is 2.37. The number of nitrogens with one attached hydrogen (secondary N) is 1. The molecule has 2 aromatic carbocycles. The van der Waals surface area contributed by atoms with Crippen molar-refractivity contribution < 1.29 is 14.6 Å². The van der Waals surface area contributed by atoms with Crippen molar-refractivity contribution in [3.63, 3.8) is 0 Å². The zero-order chi connectivity index (χ0) is 28.0. The number of rotatable bonds is 12. The number of anilines is 1. The molecule has 0 radical (unpaired) electrons. The van der Waals surface area contributed by atoms with Crippen molar-refractivity contribution in [2.24, 2.45) is 5.41 Å². The van der Waals surface area contributed by atoms with Crippen molar-refractivity contribution in [1.29, 1.82) is 0 Å². The van der Waals surface area contributed by atoms with Gasteiger partial charge in [0.05, 0.1) is 0 Å². The molecule has 0 aromatic heterocycles. The van der Waals surface area contributed by atoms with Crippen LogP contribution < -0.4 is 10.1 Å². The summed E-state index contributed by atoms with van der Waals surface area (Å²) in [6.45, 7) is 11.1. The Morgan fingerprint density at radius 2 is 1.92 bits per heavy atom. The predicted molar refractivity (Wildman–Crippen MR) is 163 cm³/mol. The molecule has 1 heterocycles. The van der Waals surface area contributed by atoms with Gasteiger partial charge in [0.25, 0.3) is 0 Å². The molecule has 0 saturated carbocycles. The van der Waals surface area contributed by atoms with E-state index in [0.717, 1.165) is 56.4 Å². The highest BCUT2D eigenvalue weighted by atomic mass is 16.5. The van der Waals surface area contributed by atoms with Crippen LogP contribution in [0.15, 0.2) is 65.4 Å². The van der Waals surface area contributed by atoms with Crippen LogP contribution in [-0.2, 0) is 4.79 Å². The second-order valence-corrected chi connectivity index (χ2v) is 12.1. The summed E-state index contributed by atoms with van der Waals surface area (Å²) in [4.78, 5) is 10.7. The third-order valence-electron chi connectivity index (χ3n) is 7.98. The van der Waals surface area contributed by atoms with Crippen LogP contribution in [-0.4, -0.2) is 17.2 Å². The number of aliphatic carboxylic acids is 1. The van der Waals surface area contributed by atoms with Crippen molar-refractivity contribution in [2.75, 3.05) is 5.32 Å². The number of allylic oxidation sites excluding steroid dienone is 2. The van der Waals surface area contributed by atoms with Gasteiger partial charge in [0.1, 0.15) is 11.9 Å². The van der Waals surface area contributed by atoms with Gasteiger partial charge in [-0.2, -0.15) is 0 Å². The molecule has 2 unspecified atom stereocenters. The van der Waals surface area contributed by atoms with E-state index in [4.69, 9.17) is 9.84 Å². The standard InChI is InChI=1S/C35H45NO3/c1-6-26(13-9-7-8-10-15-34(37)38)27-16-17-28-20-31-33(39-32(28)21-27)22-30(23-35(31,4)5)36-29-14-11-12-25(19-29)18-24(2)3/h11-12,14,16-22,26,33,36H,6-10,13,15,23H2,1-5H3,(H,37,38). The van der Waals surface area contributed by atoms with Crippen molar-refractivity contribution >= 4 is 23.8 Å². The predicted octanol–water partition coefficient (Wildman–Crippen LogP) is 9.60. The number of fused-ring (bicyclic) bond motifs is 2. The number of carboxylic acid groups (broad SMARTS) is 1. The lowest BCUT2D eigenvalue weighted by molar-refractivity contribution is -0.137. The maximum absolute atomic E-state index is 10.7. The summed E-state index contributed by atoms with van der Waals surface area (Å²) in [5.74, 6) is 0.771. The molecule has 0 saturated heterocycles. The first-order valence-electron chi connectivity index (χ1n) is 14.6. The molecule has 4 nitrogen and oxygen atoms in total. The Morgan fingerprint density at radius 3 is 2.67 bits per heavy atom. The minimum atomic E-state index is -0.694. The molecule has 4 rings (SSSR count). The molecule has 2 N–H and O–H groups in total. The molecule has 2 aliphatic rings. The van der Waals surface area contributed by atoms with Gasteiger partial charge in [0.2, 0.25) is 0 Å². The van der Waals surface area contributed by atoms with Crippen LogP contribution in [0, 0.1) is 5.41 Å². The van der Waals surface area contributed by atoms with Crippen LogP contribution in [0.2, 0.25) is 0 Å². The second-order valence-electron chi connectivity index (χ2n) is 12.1. The lowest BCUT2D eigenvalue weighted by Gasteiger charge is -2.40. The van der Waals surface area contributed by atoms with E-state index in [1.807, 2.05) is 0 Å². The van der Waals surface area contributed by atoms with E-state index in [1.165, 1.54) is 33.5 Å². The van der Waals surface area contributed by atoms with E-state index in [2.05, 4.69) is 101 Å². The summed E-state index contributed by atoms with van der Waals surface area (Å²) in [6.07, 6.45) is 14.1. The van der Waals surface area contributed by atoms with Crippen LogP contribution in [0.1, 0.15) is 109 Å². The quantitative estimate of drug-likeness (QED) is 0.270. The second kappa shape index (κ2) is 12.7. The Labute approximate surface area is 234 Å². The molecule has 0 fully saturated rings. The molecule has 208 valence electrons. The Balaban J connectivity index is 1.47. The number of hydrogen-bond donors (Lipinski definition) is 2. The number of carbonyl (C=O) groups is 1. The van der Waals surface area contributed by atoms with Gasteiger partial charge >= 0.3 is 5.97 Å². The molecule has 1 aliphatic carbocycles. The monoisotopic (exact) mass is 527 g/mol. The fourth-order valence-electron chi connectivity index (χ4n) is 5.94. The summed E-state index contributed by atoms with van der Waals surface area (Å²) < 4.78 is 6.68. The van der Waals surface area contributed by atoms with Crippen LogP contribution in [0.5, 0.6) is 5.75 Å². The van der Waals surface area contributed by atoms with Crippen LogP contribution in [0.3, 0.4) is 0 Å². The number of carboxylic acids is 1. The van der Waals surface area contributed by atoms with E-state index in [-0.39, 0.29) is 17.9 Å². The highest BCUT2D eigenvalue weighted by Crippen LogP contribution is 2.46. The number of ether oxygens (including phenoxy) is 1. The lowest BCUT2D eigenvalue weighted by atomic mass is 9.72. The van der Waals surface area contributed by atoms with Crippen LogP contribution >= 0.6 is 0 Å². The van der Waals surface area contributed by atoms with Crippen LogP contribution in [0.25, 0.3) is 12.2 Å². The first-order valence-corrected chi connectivity index (χ1v) is 14.6. The topological polar surface area (TPSA) is 58.6 Å². The summed E-state index contributed by atoms with van der Waals surface area (Å²) in [5, 5.41) is 12.5.